The molecule has 0 saturated carbocycles. The molecule has 0 aliphatic carbocycles. The zero-order chi connectivity index (χ0) is 13.2. The van der Waals surface area contributed by atoms with Crippen LogP contribution in [0, 0.1) is 23.7 Å². The molecule has 0 N–H and O–H groups in total. The quantitative estimate of drug-likeness (QED) is 0.601. The Morgan fingerprint density at radius 3 is 2.67 bits per heavy atom. The molecule has 0 amide bonds. The van der Waals surface area contributed by atoms with Crippen LogP contribution in [0.5, 0.6) is 0 Å². The number of esters is 1. The summed E-state index contributed by atoms with van der Waals surface area (Å²) in [6.07, 6.45) is 4.92. The van der Waals surface area contributed by atoms with Gasteiger partial charge in [-0.2, -0.15) is 0 Å². The first kappa shape index (κ1) is 13.8. The van der Waals surface area contributed by atoms with E-state index in [1.54, 1.807) is 18.2 Å². The second kappa shape index (κ2) is 7.95. The molecule has 0 aliphatic rings. The number of hydrogen-bond donors (Lipinski definition) is 0. The molecule has 0 radical (unpaired) electrons. The van der Waals surface area contributed by atoms with E-state index in [-0.39, 0.29) is 12.6 Å². The number of thiophene rings is 1. The maximum Gasteiger partial charge on any atom is 0.302 e. The molecule has 0 bridgehead atoms. The van der Waals surface area contributed by atoms with Crippen molar-refractivity contribution in [2.45, 2.75) is 6.92 Å². The average molecular weight is 256 g/mol. The van der Waals surface area contributed by atoms with Gasteiger partial charge in [0.1, 0.15) is 6.61 Å². The Morgan fingerprint density at radius 2 is 2.06 bits per heavy atom. The van der Waals surface area contributed by atoms with Gasteiger partial charge < -0.3 is 4.74 Å². The first-order chi connectivity index (χ1) is 8.72. The highest BCUT2D eigenvalue weighted by Crippen LogP contribution is 2.13. The summed E-state index contributed by atoms with van der Waals surface area (Å²) in [6, 6.07) is 3.85. The summed E-state index contributed by atoms with van der Waals surface area (Å²) >= 11 is 1.53. The Labute approximate surface area is 111 Å². The molecule has 0 aromatic carbocycles. The van der Waals surface area contributed by atoms with E-state index >= 15 is 0 Å². The Balaban J connectivity index is 2.50. The van der Waals surface area contributed by atoms with E-state index in [1.165, 1.54) is 18.3 Å². The van der Waals surface area contributed by atoms with Crippen LogP contribution in [0.25, 0.3) is 0 Å². The molecule has 2 nitrogen and oxygen atoms in total. The van der Waals surface area contributed by atoms with Crippen molar-refractivity contribution in [3.8, 4) is 23.7 Å². The van der Waals surface area contributed by atoms with Crippen molar-refractivity contribution >= 4 is 17.3 Å². The van der Waals surface area contributed by atoms with Gasteiger partial charge in [-0.25, -0.2) is 0 Å². The van der Waals surface area contributed by atoms with Crippen LogP contribution in [0.1, 0.15) is 16.7 Å². The summed E-state index contributed by atoms with van der Waals surface area (Å²) in [5.41, 5.74) is 0. The lowest BCUT2D eigenvalue weighted by Crippen LogP contribution is -1.96. The van der Waals surface area contributed by atoms with Gasteiger partial charge in [0.15, 0.2) is 0 Å². The van der Waals surface area contributed by atoms with Gasteiger partial charge in [-0.15, -0.1) is 11.3 Å². The van der Waals surface area contributed by atoms with Crippen LogP contribution < -0.4 is 0 Å². The minimum Gasteiger partial charge on any atom is -0.462 e. The Bertz CT molecular complexity index is 571. The van der Waals surface area contributed by atoms with Gasteiger partial charge in [0.2, 0.25) is 0 Å². The molecule has 0 atom stereocenters. The first-order valence-electron chi connectivity index (χ1n) is 5.24. The van der Waals surface area contributed by atoms with Gasteiger partial charge >= 0.3 is 5.97 Å². The Hall–Kier alpha value is -2.23. The minimum atomic E-state index is -0.295. The molecule has 18 heavy (non-hydrogen) atoms. The van der Waals surface area contributed by atoms with Gasteiger partial charge in [-0.3, -0.25) is 4.79 Å². The van der Waals surface area contributed by atoms with Crippen molar-refractivity contribution in [3.05, 3.63) is 46.7 Å². The first-order valence-corrected chi connectivity index (χ1v) is 6.06. The summed E-state index contributed by atoms with van der Waals surface area (Å²) in [5, 5.41) is 0. The highest BCUT2D eigenvalue weighted by atomic mass is 32.1. The molecule has 1 heterocycles. The van der Waals surface area contributed by atoms with Crippen molar-refractivity contribution in [3.63, 3.8) is 0 Å². The van der Waals surface area contributed by atoms with Crippen LogP contribution in [-0.2, 0) is 9.53 Å². The topological polar surface area (TPSA) is 26.3 Å². The second-order valence-corrected chi connectivity index (χ2v) is 4.20. The van der Waals surface area contributed by atoms with Crippen LogP contribution in [-0.4, -0.2) is 12.6 Å². The van der Waals surface area contributed by atoms with Gasteiger partial charge in [-0.05, 0) is 30.4 Å². The number of allylic oxidation sites excluding steroid dienone is 2. The highest BCUT2D eigenvalue weighted by Gasteiger charge is 1.92. The van der Waals surface area contributed by atoms with Crippen molar-refractivity contribution in [2.24, 2.45) is 0 Å². The number of ether oxygens (including phenoxy) is 1. The number of rotatable bonds is 2. The largest absolute Gasteiger partial charge is 0.462 e. The standard InChI is InChI=1S/C15H12O2S/c1-3-4-8-14-10-11-15(18-14)9-6-5-7-12-17-13(2)16/h3,5,7,10-11H,1,12H2,2H3. The highest BCUT2D eigenvalue weighted by molar-refractivity contribution is 7.13. The lowest BCUT2D eigenvalue weighted by Gasteiger charge is -1.91. The third-order valence-electron chi connectivity index (χ3n) is 1.68. The summed E-state index contributed by atoms with van der Waals surface area (Å²) in [7, 11) is 0. The van der Waals surface area contributed by atoms with Crippen LogP contribution in [0.15, 0.2) is 36.9 Å². The van der Waals surface area contributed by atoms with Crippen LogP contribution in [0.2, 0.25) is 0 Å². The third-order valence-corrected chi connectivity index (χ3v) is 2.60. The van der Waals surface area contributed by atoms with Gasteiger partial charge in [0, 0.05) is 6.92 Å². The fourth-order valence-electron chi connectivity index (χ4n) is 0.980. The summed E-state index contributed by atoms with van der Waals surface area (Å²) in [6.45, 7) is 5.16. The molecular weight excluding hydrogens is 244 g/mol. The van der Waals surface area contributed by atoms with Crippen molar-refractivity contribution in [2.75, 3.05) is 6.61 Å². The molecule has 0 unspecified atom stereocenters. The lowest BCUT2D eigenvalue weighted by molar-refractivity contribution is -0.139. The smallest absolute Gasteiger partial charge is 0.302 e. The lowest BCUT2D eigenvalue weighted by atomic mass is 10.4. The predicted molar refractivity (Wildman–Crippen MR) is 74.0 cm³/mol. The average Bonchev–Trinajstić information content (AvgIpc) is 2.78. The van der Waals surface area contributed by atoms with Crippen LogP contribution in [0.3, 0.4) is 0 Å². The molecular formula is C15H12O2S. The van der Waals surface area contributed by atoms with Gasteiger partial charge in [0.05, 0.1) is 9.75 Å². The van der Waals surface area contributed by atoms with E-state index in [0.717, 1.165) is 9.75 Å². The third kappa shape index (κ3) is 5.75. The van der Waals surface area contributed by atoms with Crippen molar-refractivity contribution < 1.29 is 9.53 Å². The SMILES string of the molecule is C=CC#Cc1ccc(C#CC=CCOC(C)=O)s1. The molecule has 0 aliphatic heterocycles. The van der Waals surface area contributed by atoms with E-state index in [9.17, 15) is 4.79 Å². The number of carbonyl (C=O) groups is 1. The predicted octanol–water partition coefficient (Wildman–Crippen LogP) is 2.76. The maximum atomic E-state index is 10.5. The molecule has 0 spiro atoms. The van der Waals surface area contributed by atoms with Crippen LogP contribution in [0.4, 0.5) is 0 Å². The molecule has 90 valence electrons. The summed E-state index contributed by atoms with van der Waals surface area (Å²) in [4.78, 5) is 12.4. The van der Waals surface area contributed by atoms with Crippen molar-refractivity contribution in [1.82, 2.24) is 0 Å². The molecule has 1 aromatic heterocycles. The maximum absolute atomic E-state index is 10.5. The van der Waals surface area contributed by atoms with Crippen molar-refractivity contribution in [1.29, 1.82) is 0 Å². The Morgan fingerprint density at radius 1 is 1.39 bits per heavy atom. The van der Waals surface area contributed by atoms with Gasteiger partial charge in [0.25, 0.3) is 0 Å². The molecule has 1 aromatic rings. The van der Waals surface area contributed by atoms with E-state index < -0.39 is 0 Å². The fraction of sp³-hybridized carbons (Fsp3) is 0.133. The molecule has 0 saturated heterocycles. The molecule has 0 fully saturated rings. The summed E-state index contributed by atoms with van der Waals surface area (Å²) < 4.78 is 4.72. The summed E-state index contributed by atoms with van der Waals surface area (Å²) in [5.74, 6) is 11.3. The van der Waals surface area contributed by atoms with E-state index in [0.29, 0.717) is 0 Å². The zero-order valence-electron chi connectivity index (χ0n) is 10.0. The normalized spacial score (nSPS) is 8.94. The minimum absolute atomic E-state index is 0.254. The van der Waals surface area contributed by atoms with Gasteiger partial charge in [-0.1, -0.05) is 30.3 Å². The molecule has 3 heteroatoms. The van der Waals surface area contributed by atoms with Crippen LogP contribution >= 0.6 is 11.3 Å². The zero-order valence-corrected chi connectivity index (χ0v) is 10.8. The molecule has 1 rings (SSSR count). The Kier molecular flexibility index (Phi) is 6.11. The number of hydrogen-bond acceptors (Lipinski definition) is 3. The second-order valence-electron chi connectivity index (χ2n) is 3.11. The van der Waals surface area contributed by atoms with E-state index in [4.69, 9.17) is 4.74 Å². The fourth-order valence-corrected chi connectivity index (χ4v) is 1.71. The van der Waals surface area contributed by atoms with E-state index in [2.05, 4.69) is 30.3 Å². The monoisotopic (exact) mass is 256 g/mol. The number of carbonyl (C=O) groups excluding carboxylic acids is 1. The van der Waals surface area contributed by atoms with E-state index in [1.807, 2.05) is 12.1 Å².